The molecule has 214 valence electrons. The van der Waals surface area contributed by atoms with Crippen LogP contribution in [0, 0.1) is 36.0 Å². The van der Waals surface area contributed by atoms with Crippen LogP contribution in [-0.4, -0.2) is 38.2 Å². The fourth-order valence-corrected chi connectivity index (χ4v) is 3.75. The number of nitrogens with zero attached hydrogens (tertiary/aromatic N) is 2. The van der Waals surface area contributed by atoms with E-state index in [4.69, 9.17) is 32.4 Å². The van der Waals surface area contributed by atoms with E-state index in [1.165, 1.54) is 25.1 Å². The van der Waals surface area contributed by atoms with Crippen molar-refractivity contribution in [1.29, 1.82) is 0 Å². The molecule has 0 aliphatic carbocycles. The Balaban J connectivity index is 2.13. The number of aryl methyl sites for hydroxylation is 1. The maximum absolute atomic E-state index is 14.4. The Morgan fingerprint density at radius 3 is 1.48 bits per heavy atom. The molecule has 13 heteroatoms. The average Bonchev–Trinajstić information content (AvgIpc) is 2.89. The van der Waals surface area contributed by atoms with Crippen LogP contribution in [0.5, 0.6) is 11.5 Å². The second-order valence-corrected chi connectivity index (χ2v) is 8.70. The first-order valence-electron chi connectivity index (χ1n) is 12.1. The van der Waals surface area contributed by atoms with E-state index in [1.807, 2.05) is 0 Å². The quantitative estimate of drug-likeness (QED) is 0.0856. The lowest BCUT2D eigenvalue weighted by molar-refractivity contribution is 0.299. The number of aliphatic imine (C=N–C) groups is 2. The molecule has 8 N–H and O–H groups in total. The predicted octanol–water partition coefficient (Wildman–Crippen LogP) is 4.11. The Morgan fingerprint density at radius 1 is 0.625 bits per heavy atom. The molecule has 0 unspecified atom stereocenters. The van der Waals surface area contributed by atoms with Gasteiger partial charge in [-0.25, -0.2) is 22.0 Å². The van der Waals surface area contributed by atoms with Gasteiger partial charge in [0.05, 0.1) is 13.2 Å². The highest BCUT2D eigenvalue weighted by Crippen LogP contribution is 2.42. The lowest BCUT2D eigenvalue weighted by Crippen LogP contribution is -2.23. The van der Waals surface area contributed by atoms with E-state index in [2.05, 4.69) is 9.98 Å². The summed E-state index contributed by atoms with van der Waals surface area (Å²) in [5, 5.41) is 0. The minimum Gasteiger partial charge on any atom is -0.493 e. The van der Waals surface area contributed by atoms with Gasteiger partial charge in [0.15, 0.2) is 41.0 Å². The van der Waals surface area contributed by atoms with Gasteiger partial charge in [-0.15, -0.1) is 0 Å². The first-order valence-corrected chi connectivity index (χ1v) is 12.1. The smallest absolute Gasteiger partial charge is 0.194 e. The molecule has 0 atom stereocenters. The number of hydrogen-bond donors (Lipinski definition) is 4. The third kappa shape index (κ3) is 7.74. The molecule has 0 aliphatic heterocycles. The third-order valence-electron chi connectivity index (χ3n) is 5.61. The maximum atomic E-state index is 14.4. The maximum Gasteiger partial charge on any atom is 0.194 e. The molecule has 0 fully saturated rings. The lowest BCUT2D eigenvalue weighted by atomic mass is 9.95. The number of halogens is 5. The van der Waals surface area contributed by atoms with Crippen LogP contribution in [-0.2, 0) is 0 Å². The first kappa shape index (κ1) is 30.0. The van der Waals surface area contributed by atoms with E-state index in [9.17, 15) is 22.0 Å². The molecule has 0 aliphatic rings. The van der Waals surface area contributed by atoms with Crippen molar-refractivity contribution in [3.63, 3.8) is 0 Å². The molecule has 0 saturated carbocycles. The zero-order valence-electron chi connectivity index (χ0n) is 21.6. The lowest BCUT2D eigenvalue weighted by Gasteiger charge is -2.19. The molecule has 0 radical (unpaired) electrons. The molecule has 3 aromatic carbocycles. The van der Waals surface area contributed by atoms with Gasteiger partial charge in [0.25, 0.3) is 0 Å². The van der Waals surface area contributed by atoms with Crippen molar-refractivity contribution in [3.8, 4) is 33.8 Å². The van der Waals surface area contributed by atoms with Crippen LogP contribution in [0.25, 0.3) is 22.3 Å². The van der Waals surface area contributed by atoms with Gasteiger partial charge in [-0.1, -0.05) is 0 Å². The molecule has 3 aromatic rings. The Bertz CT molecular complexity index is 1270. The fourth-order valence-electron chi connectivity index (χ4n) is 3.75. The highest BCUT2D eigenvalue weighted by atomic mass is 19.2. The van der Waals surface area contributed by atoms with Crippen LogP contribution in [0.2, 0.25) is 0 Å². The monoisotopic (exact) mass is 564 g/mol. The van der Waals surface area contributed by atoms with E-state index in [0.29, 0.717) is 12.8 Å². The number of nitrogens with two attached hydrogens (primary N) is 4. The zero-order valence-corrected chi connectivity index (χ0v) is 21.6. The summed E-state index contributed by atoms with van der Waals surface area (Å²) in [6.07, 6.45) is 0.779. The Morgan fingerprint density at radius 2 is 1.05 bits per heavy atom. The van der Waals surface area contributed by atoms with Crippen LogP contribution in [0.15, 0.2) is 46.4 Å². The second-order valence-electron chi connectivity index (χ2n) is 8.70. The second kappa shape index (κ2) is 13.5. The summed E-state index contributed by atoms with van der Waals surface area (Å²) in [6.45, 7) is 2.11. The summed E-state index contributed by atoms with van der Waals surface area (Å²) in [5.74, 6) is -6.46. The van der Waals surface area contributed by atoms with Gasteiger partial charge >= 0.3 is 0 Å². The molecule has 8 nitrogen and oxygen atoms in total. The van der Waals surface area contributed by atoms with E-state index < -0.39 is 29.1 Å². The Hall–Kier alpha value is -4.55. The van der Waals surface area contributed by atoms with Crippen molar-refractivity contribution in [1.82, 2.24) is 0 Å². The van der Waals surface area contributed by atoms with E-state index in [1.54, 1.807) is 0 Å². The van der Waals surface area contributed by atoms with E-state index >= 15 is 0 Å². The molecule has 0 saturated heterocycles. The molecule has 40 heavy (non-hydrogen) atoms. The van der Waals surface area contributed by atoms with Crippen LogP contribution in [0.1, 0.15) is 18.4 Å². The zero-order chi connectivity index (χ0) is 29.4. The summed E-state index contributed by atoms with van der Waals surface area (Å²) in [7, 11) is 0. The van der Waals surface area contributed by atoms with Crippen LogP contribution >= 0.6 is 0 Å². The molecule has 0 heterocycles. The predicted molar refractivity (Wildman–Crippen MR) is 143 cm³/mol. The molecule has 0 amide bonds. The highest BCUT2D eigenvalue weighted by molar-refractivity contribution is 5.82. The summed E-state index contributed by atoms with van der Waals surface area (Å²) < 4.78 is 82.4. The minimum atomic E-state index is -1.64. The van der Waals surface area contributed by atoms with Gasteiger partial charge in [0.2, 0.25) is 0 Å². The number of ether oxygens (including phenoxy) is 2. The highest BCUT2D eigenvalue weighted by Gasteiger charge is 2.20. The molecular formula is C27H29F5N6O2. The summed E-state index contributed by atoms with van der Waals surface area (Å²) in [4.78, 5) is 7.75. The van der Waals surface area contributed by atoms with Crippen LogP contribution in [0.4, 0.5) is 22.0 Å². The average molecular weight is 565 g/mol. The number of rotatable bonds is 12. The summed E-state index contributed by atoms with van der Waals surface area (Å²) in [6, 6.07) is 6.85. The number of hydrogen-bond acceptors (Lipinski definition) is 4. The van der Waals surface area contributed by atoms with E-state index in [-0.39, 0.29) is 77.5 Å². The van der Waals surface area contributed by atoms with Crippen molar-refractivity contribution < 1.29 is 31.4 Å². The van der Waals surface area contributed by atoms with Crippen molar-refractivity contribution >= 4 is 11.9 Å². The summed E-state index contributed by atoms with van der Waals surface area (Å²) in [5.41, 5.74) is 21.9. The molecule has 0 aromatic heterocycles. The number of benzene rings is 3. The largest absolute Gasteiger partial charge is 0.493 e. The summed E-state index contributed by atoms with van der Waals surface area (Å²) >= 11 is 0. The Labute approximate surface area is 227 Å². The van der Waals surface area contributed by atoms with Crippen LogP contribution < -0.4 is 32.4 Å². The van der Waals surface area contributed by atoms with E-state index in [0.717, 1.165) is 18.2 Å². The SMILES string of the molecule is Cc1cc(-c2cc(-c3cc(F)c(F)c(F)c3)c(OCCCN=C(N)N)cc2OCCCN=C(N)N)cc(F)c1F. The molecule has 0 spiro atoms. The van der Waals surface area contributed by atoms with Crippen LogP contribution in [0.3, 0.4) is 0 Å². The van der Waals surface area contributed by atoms with Crippen molar-refractivity contribution in [3.05, 3.63) is 71.0 Å². The van der Waals surface area contributed by atoms with Gasteiger partial charge in [-0.2, -0.15) is 0 Å². The standard InChI is InChI=1S/C27H29F5N6O2/c1-14-8-15(9-19(28)24(14)31)17-12-18(16-10-20(29)25(32)21(30)11-16)23(40-7-3-5-38-27(35)36)13-22(17)39-6-2-4-37-26(33)34/h8-13H,2-7H2,1H3,(H4,33,34,37)(H4,35,36,38). The van der Waals surface area contributed by atoms with Gasteiger partial charge in [0, 0.05) is 43.1 Å². The third-order valence-corrected chi connectivity index (χ3v) is 5.61. The fraction of sp³-hybridized carbons (Fsp3) is 0.259. The van der Waals surface area contributed by atoms with Gasteiger partial charge in [-0.05, 0) is 53.9 Å². The molecule has 3 rings (SSSR count). The Kier molecular flexibility index (Phi) is 10.1. The molecule has 0 bridgehead atoms. The molecular weight excluding hydrogens is 535 g/mol. The van der Waals surface area contributed by atoms with Gasteiger partial charge in [-0.3, -0.25) is 9.98 Å². The van der Waals surface area contributed by atoms with Crippen molar-refractivity contribution in [2.45, 2.75) is 19.8 Å². The number of guanidine groups is 2. The van der Waals surface area contributed by atoms with Crippen molar-refractivity contribution in [2.24, 2.45) is 32.9 Å². The topological polar surface area (TPSA) is 147 Å². The van der Waals surface area contributed by atoms with Gasteiger partial charge < -0.3 is 32.4 Å². The minimum absolute atomic E-state index is 0.0224. The van der Waals surface area contributed by atoms with Gasteiger partial charge in [0.1, 0.15) is 11.5 Å². The normalized spacial score (nSPS) is 10.8. The first-order chi connectivity index (χ1) is 19.0. The van der Waals surface area contributed by atoms with Crippen molar-refractivity contribution in [2.75, 3.05) is 26.3 Å².